The maximum atomic E-state index is 12.3. The molecule has 3 N–H and O–H groups in total. The highest BCUT2D eigenvalue weighted by Crippen LogP contribution is 2.29. The zero-order chi connectivity index (χ0) is 14.5. The minimum Gasteiger partial charge on any atom is -0.349 e. The van der Waals surface area contributed by atoms with Crippen molar-refractivity contribution < 1.29 is 4.79 Å². The van der Waals surface area contributed by atoms with Crippen LogP contribution in [0.5, 0.6) is 0 Å². The van der Waals surface area contributed by atoms with Crippen LogP contribution < -0.4 is 11.1 Å². The molecular weight excluding hydrogens is 316 g/mol. The predicted octanol–water partition coefficient (Wildman–Crippen LogP) is 3.39. The van der Waals surface area contributed by atoms with Gasteiger partial charge in [-0.3, -0.25) is 4.79 Å². The van der Waals surface area contributed by atoms with Gasteiger partial charge < -0.3 is 11.1 Å². The van der Waals surface area contributed by atoms with Crippen LogP contribution in [0.15, 0.2) is 28.7 Å². The second-order valence-electron chi connectivity index (χ2n) is 5.74. The summed E-state index contributed by atoms with van der Waals surface area (Å²) in [7, 11) is 0. The lowest BCUT2D eigenvalue weighted by Crippen LogP contribution is -2.35. The predicted molar refractivity (Wildman–Crippen MR) is 85.2 cm³/mol. The second-order valence-corrected chi connectivity index (χ2v) is 6.65. The molecule has 1 saturated carbocycles. The van der Waals surface area contributed by atoms with Crippen molar-refractivity contribution >= 4 is 21.8 Å². The maximum absolute atomic E-state index is 12.3. The van der Waals surface area contributed by atoms with E-state index >= 15 is 0 Å². The molecular formula is C16H23BrN2O. The van der Waals surface area contributed by atoms with Gasteiger partial charge in [-0.15, -0.1) is 0 Å². The highest BCUT2D eigenvalue weighted by molar-refractivity contribution is 9.10. The molecule has 20 heavy (non-hydrogen) atoms. The summed E-state index contributed by atoms with van der Waals surface area (Å²) in [4.78, 5) is 12.3. The van der Waals surface area contributed by atoms with E-state index in [9.17, 15) is 4.79 Å². The van der Waals surface area contributed by atoms with Crippen LogP contribution in [0.3, 0.4) is 0 Å². The van der Waals surface area contributed by atoms with E-state index in [-0.39, 0.29) is 17.9 Å². The molecule has 0 aliphatic heterocycles. The number of hydrogen-bond donors (Lipinski definition) is 2. The molecule has 0 heterocycles. The van der Waals surface area contributed by atoms with E-state index in [0.29, 0.717) is 5.92 Å². The molecule has 2 rings (SSSR count). The lowest BCUT2D eigenvalue weighted by Gasteiger charge is -2.28. The van der Waals surface area contributed by atoms with Crippen molar-refractivity contribution in [3.05, 3.63) is 34.3 Å². The lowest BCUT2D eigenvalue weighted by atomic mass is 9.81. The Balaban J connectivity index is 1.88. The van der Waals surface area contributed by atoms with Crippen molar-refractivity contribution in [1.82, 2.24) is 5.32 Å². The van der Waals surface area contributed by atoms with Gasteiger partial charge in [0.15, 0.2) is 0 Å². The van der Waals surface area contributed by atoms with Gasteiger partial charge in [-0.25, -0.2) is 0 Å². The van der Waals surface area contributed by atoms with Crippen molar-refractivity contribution in [3.8, 4) is 0 Å². The number of amides is 1. The number of benzene rings is 1. The second kappa shape index (κ2) is 7.23. The Morgan fingerprint density at radius 1 is 1.40 bits per heavy atom. The molecule has 1 unspecified atom stereocenters. The van der Waals surface area contributed by atoms with Gasteiger partial charge in [-0.05, 0) is 62.8 Å². The fourth-order valence-electron chi connectivity index (χ4n) is 2.85. The monoisotopic (exact) mass is 338 g/mol. The first-order chi connectivity index (χ1) is 9.60. The van der Waals surface area contributed by atoms with E-state index < -0.39 is 0 Å². The zero-order valence-electron chi connectivity index (χ0n) is 11.9. The van der Waals surface area contributed by atoms with Crippen molar-refractivity contribution in [3.63, 3.8) is 0 Å². The maximum Gasteiger partial charge on any atom is 0.223 e. The summed E-state index contributed by atoms with van der Waals surface area (Å²) in [5.74, 6) is 0.960. The van der Waals surface area contributed by atoms with Crippen LogP contribution in [0.4, 0.5) is 0 Å². The number of carbonyl (C=O) groups is 1. The molecule has 0 spiro atoms. The molecule has 1 aromatic rings. The van der Waals surface area contributed by atoms with Crippen LogP contribution in [0.25, 0.3) is 0 Å². The number of hydrogen-bond acceptors (Lipinski definition) is 2. The number of halogens is 1. The summed E-state index contributed by atoms with van der Waals surface area (Å²) in [6.45, 7) is 2.79. The molecule has 1 aromatic carbocycles. The first-order valence-corrected chi connectivity index (χ1v) is 8.15. The summed E-state index contributed by atoms with van der Waals surface area (Å²) in [6, 6.07) is 8.13. The minimum absolute atomic E-state index is 0.0484. The Bertz CT molecular complexity index is 456. The smallest absolute Gasteiger partial charge is 0.223 e. The van der Waals surface area contributed by atoms with E-state index in [4.69, 9.17) is 5.73 Å². The van der Waals surface area contributed by atoms with Crippen LogP contribution in [0.1, 0.15) is 44.2 Å². The topological polar surface area (TPSA) is 55.1 Å². The standard InChI is InChI=1S/C16H23BrN2O/c1-11(14-3-2-4-15(17)9-14)19-16(20)13-7-5-12(10-18)6-8-13/h2-4,9,11-13H,5-8,10,18H2,1H3,(H,19,20). The van der Waals surface area contributed by atoms with Crippen LogP contribution in [-0.4, -0.2) is 12.5 Å². The Labute approximate surface area is 129 Å². The van der Waals surface area contributed by atoms with E-state index in [1.165, 1.54) is 0 Å². The number of rotatable bonds is 4. The minimum atomic E-state index is 0.0484. The Morgan fingerprint density at radius 2 is 2.10 bits per heavy atom. The van der Waals surface area contributed by atoms with Gasteiger partial charge in [0.25, 0.3) is 0 Å². The van der Waals surface area contributed by atoms with Crippen molar-refractivity contribution in [2.24, 2.45) is 17.6 Å². The molecule has 4 heteroatoms. The largest absolute Gasteiger partial charge is 0.349 e. The van der Waals surface area contributed by atoms with Crippen LogP contribution in [0.2, 0.25) is 0 Å². The fourth-order valence-corrected chi connectivity index (χ4v) is 3.27. The average Bonchev–Trinajstić information content (AvgIpc) is 2.47. The third-order valence-electron chi connectivity index (χ3n) is 4.26. The molecule has 1 amide bonds. The van der Waals surface area contributed by atoms with Gasteiger partial charge in [0.2, 0.25) is 5.91 Å². The summed E-state index contributed by atoms with van der Waals surface area (Å²) in [5, 5.41) is 3.13. The fraction of sp³-hybridized carbons (Fsp3) is 0.562. The highest BCUT2D eigenvalue weighted by Gasteiger charge is 2.26. The van der Waals surface area contributed by atoms with E-state index in [1.54, 1.807) is 0 Å². The van der Waals surface area contributed by atoms with Crippen molar-refractivity contribution in [1.29, 1.82) is 0 Å². The Morgan fingerprint density at radius 3 is 2.70 bits per heavy atom. The average molecular weight is 339 g/mol. The molecule has 0 saturated heterocycles. The van der Waals surface area contributed by atoms with E-state index in [1.807, 2.05) is 25.1 Å². The van der Waals surface area contributed by atoms with Crippen LogP contribution in [-0.2, 0) is 4.79 Å². The molecule has 3 nitrogen and oxygen atoms in total. The third-order valence-corrected chi connectivity index (χ3v) is 4.75. The van der Waals surface area contributed by atoms with Crippen molar-refractivity contribution in [2.45, 2.75) is 38.6 Å². The number of carbonyl (C=O) groups excluding carboxylic acids is 1. The molecule has 1 aliphatic carbocycles. The molecule has 1 atom stereocenters. The zero-order valence-corrected chi connectivity index (χ0v) is 13.5. The summed E-state index contributed by atoms with van der Waals surface area (Å²) in [6.07, 6.45) is 4.11. The van der Waals surface area contributed by atoms with Crippen molar-refractivity contribution in [2.75, 3.05) is 6.54 Å². The molecule has 110 valence electrons. The lowest BCUT2D eigenvalue weighted by molar-refractivity contribution is -0.126. The first-order valence-electron chi connectivity index (χ1n) is 7.36. The van der Waals surface area contributed by atoms with Gasteiger partial charge in [-0.2, -0.15) is 0 Å². The third kappa shape index (κ3) is 4.06. The molecule has 0 aromatic heterocycles. The van der Waals surface area contributed by atoms with Gasteiger partial charge in [0.05, 0.1) is 6.04 Å². The van der Waals surface area contributed by atoms with Gasteiger partial charge >= 0.3 is 0 Å². The molecule has 1 aliphatic rings. The van der Waals surface area contributed by atoms with Gasteiger partial charge in [-0.1, -0.05) is 28.1 Å². The van der Waals surface area contributed by atoms with E-state index in [0.717, 1.165) is 42.3 Å². The number of nitrogens with one attached hydrogen (secondary N) is 1. The molecule has 1 fully saturated rings. The Hall–Kier alpha value is -0.870. The quantitative estimate of drug-likeness (QED) is 0.883. The highest BCUT2D eigenvalue weighted by atomic mass is 79.9. The van der Waals surface area contributed by atoms with Gasteiger partial charge in [0.1, 0.15) is 0 Å². The number of nitrogens with two attached hydrogens (primary N) is 1. The first kappa shape index (κ1) is 15.5. The van der Waals surface area contributed by atoms with E-state index in [2.05, 4.69) is 27.3 Å². The SMILES string of the molecule is CC(NC(=O)C1CCC(CN)CC1)c1cccc(Br)c1. The van der Waals surface area contributed by atoms with Crippen LogP contribution in [0, 0.1) is 11.8 Å². The summed E-state index contributed by atoms with van der Waals surface area (Å²) >= 11 is 3.46. The van der Waals surface area contributed by atoms with Gasteiger partial charge in [0, 0.05) is 10.4 Å². The summed E-state index contributed by atoms with van der Waals surface area (Å²) < 4.78 is 1.04. The summed E-state index contributed by atoms with van der Waals surface area (Å²) in [5.41, 5.74) is 6.82. The normalized spacial score (nSPS) is 24.1. The Kier molecular flexibility index (Phi) is 5.61. The molecule has 0 radical (unpaired) electrons. The molecule has 0 bridgehead atoms. The van der Waals surface area contributed by atoms with Crippen LogP contribution >= 0.6 is 15.9 Å².